The van der Waals surface area contributed by atoms with Crippen molar-refractivity contribution in [3.8, 4) is 11.8 Å². The van der Waals surface area contributed by atoms with E-state index in [0.717, 1.165) is 33.1 Å². The number of aromatic nitrogens is 1. The normalized spacial score (nSPS) is 17.9. The van der Waals surface area contributed by atoms with Crippen LogP contribution in [0.25, 0.3) is 5.70 Å². The van der Waals surface area contributed by atoms with Crippen molar-refractivity contribution in [3.05, 3.63) is 100 Å². The first-order chi connectivity index (χ1) is 37.7. The monoisotopic (exact) mass is 1160 g/mol. The molecule has 1 aromatic heterocycles. The minimum absolute atomic E-state index is 0.0303. The summed E-state index contributed by atoms with van der Waals surface area (Å²) in [6.07, 6.45) is -13.7. The number of benzene rings is 2. The smallest absolute Gasteiger partial charge is 0.407 e. The van der Waals surface area contributed by atoms with Crippen molar-refractivity contribution < 1.29 is 86.4 Å². The number of pyridine rings is 1. The van der Waals surface area contributed by atoms with Gasteiger partial charge in [-0.05, 0) is 81.1 Å². The molecule has 0 spiro atoms. The molecular weight excluding hydrogens is 1100 g/mol. The van der Waals surface area contributed by atoms with E-state index in [-0.39, 0.29) is 24.2 Å². The number of amides is 3. The molecule has 28 heteroatoms. The van der Waals surface area contributed by atoms with Gasteiger partial charge in [-0.15, -0.1) is 0 Å². The third kappa shape index (κ3) is 17.0. The Labute approximate surface area is 458 Å². The highest BCUT2D eigenvalue weighted by molar-refractivity contribution is 5.87. The van der Waals surface area contributed by atoms with E-state index in [4.69, 9.17) is 5.73 Å². The lowest BCUT2D eigenvalue weighted by molar-refractivity contribution is -0.231. The largest absolute Gasteiger partial charge is 0.469 e. The highest BCUT2D eigenvalue weighted by Gasteiger charge is 2.57. The summed E-state index contributed by atoms with van der Waals surface area (Å²) in [5.41, 5.74) is 1.09. The number of esters is 1. The van der Waals surface area contributed by atoms with Crippen LogP contribution in [0.4, 0.5) is 63.3 Å². The Morgan fingerprint density at radius 2 is 1.43 bits per heavy atom. The Kier molecular flexibility index (Phi) is 21.6. The number of fused-ring (bicyclic) bond motifs is 2. The average Bonchev–Trinajstić information content (AvgIpc) is 3.76. The lowest BCUT2D eigenvalue weighted by Crippen LogP contribution is -2.62. The zero-order chi connectivity index (χ0) is 60.4. The van der Waals surface area contributed by atoms with Gasteiger partial charge in [0, 0.05) is 78.6 Å². The van der Waals surface area contributed by atoms with E-state index in [1.807, 2.05) is 15.1 Å². The number of aliphatic hydroxyl groups is 1. The van der Waals surface area contributed by atoms with Crippen LogP contribution in [0.5, 0.6) is 0 Å². The number of nitrogens with one attached hydrogen (secondary N) is 3. The first-order valence-corrected chi connectivity index (χ1v) is 25.0. The molecule has 3 aromatic rings. The quantitative estimate of drug-likeness (QED) is 0.0168. The predicted molar refractivity (Wildman–Crippen MR) is 271 cm³/mol. The van der Waals surface area contributed by atoms with Gasteiger partial charge in [-0.25, -0.2) is 37.3 Å². The molecule has 2 bridgehead atoms. The molecule has 444 valence electrons. The van der Waals surface area contributed by atoms with Crippen molar-refractivity contribution in [1.29, 1.82) is 0 Å². The van der Waals surface area contributed by atoms with E-state index in [0.29, 0.717) is 81.1 Å². The lowest BCUT2D eigenvalue weighted by Gasteiger charge is -2.41. The molecule has 0 radical (unpaired) electrons. The molecule has 81 heavy (non-hydrogen) atoms. The van der Waals surface area contributed by atoms with E-state index in [1.165, 1.54) is 30.5 Å². The number of aliphatic hydroxyl groups excluding tert-OH is 1. The number of hydrogen-bond acceptors (Lipinski definition) is 13. The standard InChI is InChI=1S/C53H61F12N9O7/c1-50(2,52(60,61)62)36(22-44(76)80-5)46(77)71-73(26-35-37(54)20-32(21-38(35)55)39(66)17-18-67-48(58)59)27-41(75)40(69-47(78)45(70-49(79)81-6)51(3,4)53(63,64)65)19-30-10-7-29(8-11-30)9-12-31-13-16-43(68-23-31)72-24-33-14-15-34(25-72)74(33)28-42(56)57/h7-8,10-11,13,16-18,20-21,23,33-34,36,40-42,45,48,75H,14-15,19,22,24-28,66H2,1-6H3,(H,69,78)(H,70,79)(H,71,77)/t33?,34?,36-,40+,41+,45-/m1/s1. The van der Waals surface area contributed by atoms with Crippen molar-refractivity contribution in [1.82, 2.24) is 31.0 Å². The number of nitrogens with two attached hydrogens (primary N) is 1. The van der Waals surface area contributed by atoms with Crippen molar-refractivity contribution in [2.45, 2.75) is 116 Å². The minimum Gasteiger partial charge on any atom is -0.469 e. The number of carbonyl (C=O) groups is 4. The van der Waals surface area contributed by atoms with Crippen molar-refractivity contribution in [3.63, 3.8) is 0 Å². The fraction of sp³-hybridized carbons (Fsp3) is 0.509. The molecule has 2 aromatic carbocycles. The number of anilines is 1. The van der Waals surface area contributed by atoms with Crippen LogP contribution in [0.15, 0.2) is 65.8 Å². The molecule has 2 aliphatic heterocycles. The second-order valence-electron chi connectivity index (χ2n) is 20.4. The van der Waals surface area contributed by atoms with Crippen LogP contribution in [-0.2, 0) is 36.8 Å². The third-order valence-electron chi connectivity index (χ3n) is 14.2. The Morgan fingerprint density at radius 3 is 1.95 bits per heavy atom. The molecule has 3 heterocycles. The molecule has 0 aliphatic carbocycles. The second kappa shape index (κ2) is 27.1. The number of piperazine rings is 1. The molecule has 2 fully saturated rings. The van der Waals surface area contributed by atoms with Crippen LogP contribution in [0.2, 0.25) is 0 Å². The summed E-state index contributed by atoms with van der Waals surface area (Å²) in [6.45, 7) is -2.35. The predicted octanol–water partition coefficient (Wildman–Crippen LogP) is 7.27. The summed E-state index contributed by atoms with van der Waals surface area (Å²) >= 11 is 0. The Balaban J connectivity index is 1.50. The summed E-state index contributed by atoms with van der Waals surface area (Å²) in [7, 11) is 1.63. The fourth-order valence-corrected chi connectivity index (χ4v) is 9.12. The number of allylic oxidation sites excluding steroid dienone is 1. The highest BCUT2D eigenvalue weighted by atomic mass is 19.4. The SMILES string of the molecule is COC(=O)C[C@H](C(=O)NN(Cc1c(F)cc(C(N)=CC=NC(F)F)cc1F)C[C@H](O)[C@H](Cc1ccc(C#Cc2ccc(N3CC4CCC(C3)N4CC(F)F)nc2)cc1)NC(=O)[C@@H](NC(=O)OC)C(C)(C)C(F)(F)F)C(C)(C)C(F)(F)F. The number of hydrazine groups is 1. The molecule has 2 saturated heterocycles. The van der Waals surface area contributed by atoms with Crippen LogP contribution >= 0.6 is 0 Å². The summed E-state index contributed by atoms with van der Waals surface area (Å²) in [4.78, 5) is 64.1. The number of ether oxygens (including phenoxy) is 2. The minimum atomic E-state index is -5.19. The Hall–Kier alpha value is -7.12. The number of rotatable bonds is 22. The number of carbonyl (C=O) groups excluding carboxylic acids is 4. The van der Waals surface area contributed by atoms with Crippen LogP contribution < -0.4 is 26.7 Å². The van der Waals surface area contributed by atoms with E-state index >= 15 is 8.78 Å². The summed E-state index contributed by atoms with van der Waals surface area (Å²) < 4.78 is 180. The Bertz CT molecular complexity index is 2770. The van der Waals surface area contributed by atoms with Gasteiger partial charge >= 0.3 is 31.0 Å². The number of aliphatic imine (C=N–C) groups is 1. The maximum Gasteiger partial charge on any atom is 0.407 e. The van der Waals surface area contributed by atoms with Crippen molar-refractivity contribution >= 4 is 41.6 Å². The van der Waals surface area contributed by atoms with Gasteiger partial charge in [0.25, 0.3) is 6.43 Å². The number of alkyl halides is 10. The number of hydrogen-bond donors (Lipinski definition) is 5. The first-order valence-electron chi connectivity index (χ1n) is 25.0. The van der Waals surface area contributed by atoms with Gasteiger partial charge < -0.3 is 35.8 Å². The zero-order valence-corrected chi connectivity index (χ0v) is 44.6. The zero-order valence-electron chi connectivity index (χ0n) is 44.6. The molecule has 0 saturated carbocycles. The van der Waals surface area contributed by atoms with Gasteiger partial charge in [-0.3, -0.25) is 24.7 Å². The molecule has 2 unspecified atom stereocenters. The number of methoxy groups -OCH3 is 2. The maximum atomic E-state index is 15.9. The molecule has 16 nitrogen and oxygen atoms in total. The lowest BCUT2D eigenvalue weighted by atomic mass is 9.75. The van der Waals surface area contributed by atoms with Gasteiger partial charge in [-0.2, -0.15) is 35.1 Å². The van der Waals surface area contributed by atoms with E-state index in [1.54, 1.807) is 12.1 Å². The molecular formula is C53H61F12N9O7. The van der Waals surface area contributed by atoms with E-state index < -0.39 is 139 Å². The molecule has 5 rings (SSSR count). The number of nitrogens with zero attached hydrogens (tertiary/aromatic N) is 5. The number of alkyl carbamates (subject to hydrolysis) is 1. The van der Waals surface area contributed by atoms with Crippen molar-refractivity contribution in [2.75, 3.05) is 45.3 Å². The second-order valence-corrected chi connectivity index (χ2v) is 20.4. The van der Waals surface area contributed by atoms with Crippen LogP contribution in [0.1, 0.15) is 74.8 Å². The molecule has 6 N–H and O–H groups in total. The van der Waals surface area contributed by atoms with Gasteiger partial charge in [0.05, 0.1) is 56.1 Å². The van der Waals surface area contributed by atoms with Crippen LogP contribution in [-0.4, -0.2) is 146 Å². The van der Waals surface area contributed by atoms with Gasteiger partial charge in [0.1, 0.15) is 23.5 Å². The van der Waals surface area contributed by atoms with Gasteiger partial charge in [0.2, 0.25) is 11.8 Å². The van der Waals surface area contributed by atoms with Gasteiger partial charge in [-0.1, -0.05) is 37.8 Å². The topological polar surface area (TPSA) is 204 Å². The van der Waals surface area contributed by atoms with E-state index in [2.05, 4.69) is 42.0 Å². The molecule has 2 aliphatic rings. The van der Waals surface area contributed by atoms with E-state index in [9.17, 15) is 68.2 Å². The van der Waals surface area contributed by atoms with Crippen LogP contribution in [0, 0.1) is 40.2 Å². The fourth-order valence-electron chi connectivity index (χ4n) is 9.12. The highest BCUT2D eigenvalue weighted by Crippen LogP contribution is 2.45. The summed E-state index contributed by atoms with van der Waals surface area (Å²) in [5.74, 6) is -3.13. The van der Waals surface area contributed by atoms with Crippen LogP contribution in [0.3, 0.4) is 0 Å². The maximum absolute atomic E-state index is 15.9. The summed E-state index contributed by atoms with van der Waals surface area (Å²) in [6, 6.07) is 6.29. The Morgan fingerprint density at radius 1 is 0.852 bits per heavy atom. The summed E-state index contributed by atoms with van der Waals surface area (Å²) in [5, 5.41) is 16.7. The first kappa shape index (κ1) is 64.7. The third-order valence-corrected chi connectivity index (χ3v) is 14.2. The average molecular weight is 1160 g/mol. The molecule has 6 atom stereocenters. The van der Waals surface area contributed by atoms with Crippen molar-refractivity contribution in [2.24, 2.45) is 27.5 Å². The van der Waals surface area contributed by atoms with Gasteiger partial charge in [0.15, 0.2) is 0 Å². The number of halogens is 12. The molecule has 3 amide bonds.